The molecule has 0 bridgehead atoms. The second-order valence-corrected chi connectivity index (χ2v) is 6.76. The number of aliphatic hydroxyl groups is 1. The van der Waals surface area contributed by atoms with Gasteiger partial charge in [-0.25, -0.2) is 0 Å². The summed E-state index contributed by atoms with van der Waals surface area (Å²) in [5.74, 6) is 1.36. The lowest BCUT2D eigenvalue weighted by Gasteiger charge is -2.36. The first kappa shape index (κ1) is 17.1. The first-order valence-electron chi connectivity index (χ1n) is 8.34. The van der Waals surface area contributed by atoms with Crippen LogP contribution in [0.5, 0.6) is 5.75 Å². The van der Waals surface area contributed by atoms with Gasteiger partial charge >= 0.3 is 0 Å². The van der Waals surface area contributed by atoms with Crippen molar-refractivity contribution in [1.82, 2.24) is 4.90 Å². The van der Waals surface area contributed by atoms with E-state index in [9.17, 15) is 5.11 Å². The number of piperidine rings is 1. The van der Waals surface area contributed by atoms with Crippen molar-refractivity contribution < 1.29 is 9.84 Å². The van der Waals surface area contributed by atoms with Crippen molar-refractivity contribution >= 4 is 5.69 Å². The molecule has 1 aliphatic rings. The molecule has 2 rings (SSSR count). The highest BCUT2D eigenvalue weighted by molar-refractivity contribution is 5.57. The molecule has 1 unspecified atom stereocenters. The summed E-state index contributed by atoms with van der Waals surface area (Å²) in [5, 5.41) is 9.29. The third-order valence-corrected chi connectivity index (χ3v) is 4.62. The Kier molecular flexibility index (Phi) is 5.70. The minimum Gasteiger partial charge on any atom is -0.489 e. The number of aryl methyl sites for hydroxylation is 1. The van der Waals surface area contributed by atoms with Gasteiger partial charge in [0.25, 0.3) is 0 Å². The SMILES string of the molecule is Cc1cc(N)c(OC(C)C)cc1C1CCN(C(C)CO)CC1. The highest BCUT2D eigenvalue weighted by Crippen LogP contribution is 2.36. The molecule has 1 fully saturated rings. The summed E-state index contributed by atoms with van der Waals surface area (Å²) in [4.78, 5) is 2.37. The van der Waals surface area contributed by atoms with Gasteiger partial charge < -0.3 is 15.6 Å². The van der Waals surface area contributed by atoms with Gasteiger partial charge in [-0.05, 0) is 82.8 Å². The summed E-state index contributed by atoms with van der Waals surface area (Å²) in [6.45, 7) is 10.6. The summed E-state index contributed by atoms with van der Waals surface area (Å²) in [7, 11) is 0. The lowest BCUT2D eigenvalue weighted by Crippen LogP contribution is -2.41. The van der Waals surface area contributed by atoms with E-state index in [0.717, 1.165) is 37.4 Å². The van der Waals surface area contributed by atoms with E-state index in [1.807, 2.05) is 19.9 Å². The fourth-order valence-electron chi connectivity index (χ4n) is 3.29. The molecule has 4 heteroatoms. The lowest BCUT2D eigenvalue weighted by atomic mass is 9.86. The lowest BCUT2D eigenvalue weighted by molar-refractivity contribution is 0.108. The number of benzene rings is 1. The van der Waals surface area contributed by atoms with Crippen LogP contribution in [0.2, 0.25) is 0 Å². The molecular weight excluding hydrogens is 276 g/mol. The maximum Gasteiger partial charge on any atom is 0.142 e. The predicted molar refractivity (Wildman–Crippen MR) is 91.5 cm³/mol. The average Bonchev–Trinajstić information content (AvgIpc) is 2.49. The largest absolute Gasteiger partial charge is 0.489 e. The number of hydrogen-bond acceptors (Lipinski definition) is 4. The summed E-state index contributed by atoms with van der Waals surface area (Å²) in [6.07, 6.45) is 2.37. The van der Waals surface area contributed by atoms with Crippen molar-refractivity contribution in [2.24, 2.45) is 0 Å². The number of likely N-dealkylation sites (tertiary alicyclic amines) is 1. The van der Waals surface area contributed by atoms with Crippen molar-refractivity contribution in [2.75, 3.05) is 25.4 Å². The number of anilines is 1. The molecule has 0 amide bonds. The van der Waals surface area contributed by atoms with Crippen LogP contribution in [0.4, 0.5) is 5.69 Å². The van der Waals surface area contributed by atoms with Gasteiger partial charge in [0.1, 0.15) is 5.75 Å². The number of nitrogens with zero attached hydrogens (tertiary/aromatic N) is 1. The first-order chi connectivity index (χ1) is 10.4. The Hall–Kier alpha value is -1.26. The molecule has 1 saturated heterocycles. The molecular formula is C18H30N2O2. The molecule has 1 aromatic carbocycles. The van der Waals surface area contributed by atoms with E-state index >= 15 is 0 Å². The number of rotatable bonds is 5. The molecule has 124 valence electrons. The number of ether oxygens (including phenoxy) is 1. The van der Waals surface area contributed by atoms with Crippen LogP contribution >= 0.6 is 0 Å². The molecule has 22 heavy (non-hydrogen) atoms. The van der Waals surface area contributed by atoms with E-state index in [1.165, 1.54) is 11.1 Å². The minimum atomic E-state index is 0.130. The Morgan fingerprint density at radius 3 is 2.45 bits per heavy atom. The zero-order valence-corrected chi connectivity index (χ0v) is 14.3. The fourth-order valence-corrected chi connectivity index (χ4v) is 3.29. The fraction of sp³-hybridized carbons (Fsp3) is 0.667. The summed E-state index contributed by atoms with van der Waals surface area (Å²) < 4.78 is 5.84. The second-order valence-electron chi connectivity index (χ2n) is 6.76. The van der Waals surface area contributed by atoms with Crippen LogP contribution in [-0.4, -0.2) is 41.8 Å². The highest BCUT2D eigenvalue weighted by atomic mass is 16.5. The maximum atomic E-state index is 9.29. The van der Waals surface area contributed by atoms with E-state index in [1.54, 1.807) is 0 Å². The quantitative estimate of drug-likeness (QED) is 0.821. The number of aliphatic hydroxyl groups excluding tert-OH is 1. The molecule has 0 aromatic heterocycles. The standard InChI is InChI=1S/C18H30N2O2/c1-12(2)22-18-10-16(13(3)9-17(18)19)15-5-7-20(8-6-15)14(4)11-21/h9-10,12,14-15,21H,5-8,11,19H2,1-4H3. The van der Waals surface area contributed by atoms with Gasteiger partial charge in [-0.3, -0.25) is 4.90 Å². The zero-order valence-electron chi connectivity index (χ0n) is 14.3. The van der Waals surface area contributed by atoms with Crippen LogP contribution < -0.4 is 10.5 Å². The van der Waals surface area contributed by atoms with Gasteiger partial charge in [0, 0.05) is 6.04 Å². The Morgan fingerprint density at radius 2 is 1.91 bits per heavy atom. The summed E-state index contributed by atoms with van der Waals surface area (Å²) in [6, 6.07) is 4.43. The van der Waals surface area contributed by atoms with Gasteiger partial charge in [-0.1, -0.05) is 0 Å². The average molecular weight is 306 g/mol. The molecule has 4 nitrogen and oxygen atoms in total. The predicted octanol–water partition coefficient (Wildman–Crippen LogP) is 2.92. The van der Waals surface area contributed by atoms with Gasteiger partial charge in [0.05, 0.1) is 18.4 Å². The Bertz CT molecular complexity index is 494. The molecule has 1 atom stereocenters. The third kappa shape index (κ3) is 3.93. The van der Waals surface area contributed by atoms with Crippen LogP contribution in [0.25, 0.3) is 0 Å². The first-order valence-corrected chi connectivity index (χ1v) is 8.34. The monoisotopic (exact) mass is 306 g/mol. The van der Waals surface area contributed by atoms with E-state index in [2.05, 4.69) is 24.8 Å². The van der Waals surface area contributed by atoms with Gasteiger partial charge in [-0.15, -0.1) is 0 Å². The van der Waals surface area contributed by atoms with E-state index in [4.69, 9.17) is 10.5 Å². The highest BCUT2D eigenvalue weighted by Gasteiger charge is 2.25. The van der Waals surface area contributed by atoms with Gasteiger partial charge in [0.15, 0.2) is 0 Å². The van der Waals surface area contributed by atoms with Crippen molar-refractivity contribution in [3.63, 3.8) is 0 Å². The molecule has 0 aliphatic carbocycles. The van der Waals surface area contributed by atoms with Crippen molar-refractivity contribution in [3.8, 4) is 5.75 Å². The molecule has 3 N–H and O–H groups in total. The zero-order chi connectivity index (χ0) is 16.3. The molecule has 0 radical (unpaired) electrons. The third-order valence-electron chi connectivity index (χ3n) is 4.62. The van der Waals surface area contributed by atoms with Crippen LogP contribution in [0, 0.1) is 6.92 Å². The van der Waals surface area contributed by atoms with E-state index in [-0.39, 0.29) is 18.8 Å². The van der Waals surface area contributed by atoms with Gasteiger partial charge in [0.2, 0.25) is 0 Å². The molecule has 1 aliphatic heterocycles. The summed E-state index contributed by atoms with van der Waals surface area (Å²) in [5.41, 5.74) is 9.42. The minimum absolute atomic E-state index is 0.130. The van der Waals surface area contributed by atoms with Crippen molar-refractivity contribution in [3.05, 3.63) is 23.3 Å². The van der Waals surface area contributed by atoms with Crippen LogP contribution in [0.3, 0.4) is 0 Å². The number of nitrogens with two attached hydrogens (primary N) is 1. The van der Waals surface area contributed by atoms with Crippen molar-refractivity contribution in [2.45, 2.75) is 58.6 Å². The Balaban J connectivity index is 2.12. The van der Waals surface area contributed by atoms with E-state index < -0.39 is 0 Å². The topological polar surface area (TPSA) is 58.7 Å². The molecule has 0 spiro atoms. The Morgan fingerprint density at radius 1 is 1.27 bits per heavy atom. The maximum absolute atomic E-state index is 9.29. The van der Waals surface area contributed by atoms with E-state index in [0.29, 0.717) is 5.92 Å². The molecule has 0 saturated carbocycles. The van der Waals surface area contributed by atoms with Crippen molar-refractivity contribution in [1.29, 1.82) is 0 Å². The van der Waals surface area contributed by atoms with Crippen LogP contribution in [0.15, 0.2) is 12.1 Å². The smallest absolute Gasteiger partial charge is 0.142 e. The van der Waals surface area contributed by atoms with Gasteiger partial charge in [-0.2, -0.15) is 0 Å². The normalized spacial score (nSPS) is 18.6. The number of hydrogen-bond donors (Lipinski definition) is 2. The Labute approximate surface area is 134 Å². The van der Waals surface area contributed by atoms with Crippen LogP contribution in [0.1, 0.15) is 50.7 Å². The second kappa shape index (κ2) is 7.34. The van der Waals surface area contributed by atoms with Crippen LogP contribution in [-0.2, 0) is 0 Å². The summed E-state index contributed by atoms with van der Waals surface area (Å²) >= 11 is 0. The molecule has 1 aromatic rings. The number of nitrogen functional groups attached to an aromatic ring is 1. The molecule has 1 heterocycles.